The number of aryl methyl sites for hydroxylation is 1. The summed E-state index contributed by atoms with van der Waals surface area (Å²) in [6.45, 7) is 8.47. The molecular formula is C25H36N6O2. The minimum atomic E-state index is -0.801. The predicted molar refractivity (Wildman–Crippen MR) is 132 cm³/mol. The van der Waals surface area contributed by atoms with Crippen molar-refractivity contribution in [3.8, 4) is 5.75 Å². The number of benzene rings is 1. The van der Waals surface area contributed by atoms with Crippen molar-refractivity contribution in [3.05, 3.63) is 35.7 Å². The molecule has 4 N–H and O–H groups in total. The van der Waals surface area contributed by atoms with E-state index in [4.69, 9.17) is 9.97 Å². The fourth-order valence-electron chi connectivity index (χ4n) is 4.28. The first-order valence-electron chi connectivity index (χ1n) is 12.0. The van der Waals surface area contributed by atoms with Gasteiger partial charge >= 0.3 is 0 Å². The summed E-state index contributed by atoms with van der Waals surface area (Å²) in [6, 6.07) is 6.12. The van der Waals surface area contributed by atoms with Crippen LogP contribution in [0.3, 0.4) is 0 Å². The van der Waals surface area contributed by atoms with Crippen molar-refractivity contribution >= 4 is 22.9 Å². The summed E-state index contributed by atoms with van der Waals surface area (Å²) in [4.78, 5) is 14.2. The minimum Gasteiger partial charge on any atom is -0.507 e. The highest BCUT2D eigenvalue weighted by atomic mass is 16.3. The highest BCUT2D eigenvalue weighted by Gasteiger charge is 2.24. The molecule has 1 saturated carbocycles. The van der Waals surface area contributed by atoms with E-state index >= 15 is 0 Å². The lowest BCUT2D eigenvalue weighted by Gasteiger charge is -2.26. The third kappa shape index (κ3) is 5.21. The van der Waals surface area contributed by atoms with Crippen molar-refractivity contribution in [2.45, 2.75) is 78.0 Å². The van der Waals surface area contributed by atoms with Crippen LogP contribution in [0, 0.1) is 12.8 Å². The Morgan fingerprint density at radius 1 is 1.15 bits per heavy atom. The van der Waals surface area contributed by atoms with Gasteiger partial charge < -0.3 is 25.4 Å². The molecule has 178 valence electrons. The molecule has 1 aliphatic carbocycles. The maximum absolute atomic E-state index is 10.4. The van der Waals surface area contributed by atoms with Gasteiger partial charge in [0.2, 0.25) is 5.95 Å². The number of aliphatic hydroxyl groups is 1. The molecule has 3 aromatic rings. The number of hydrogen-bond donors (Lipinski definition) is 4. The smallest absolute Gasteiger partial charge is 0.226 e. The highest BCUT2D eigenvalue weighted by Crippen LogP contribution is 2.32. The number of para-hydroxylation sites is 1. The van der Waals surface area contributed by atoms with Crippen LogP contribution in [0.25, 0.3) is 11.2 Å². The second-order valence-corrected chi connectivity index (χ2v) is 9.88. The van der Waals surface area contributed by atoms with Gasteiger partial charge in [-0.05, 0) is 39.2 Å². The van der Waals surface area contributed by atoms with Crippen LogP contribution in [0.1, 0.15) is 70.0 Å². The van der Waals surface area contributed by atoms with Gasteiger partial charge in [0.05, 0.1) is 11.9 Å². The molecule has 4 rings (SSSR count). The molecule has 33 heavy (non-hydrogen) atoms. The molecule has 0 radical (unpaired) electrons. The number of aromatic nitrogens is 4. The van der Waals surface area contributed by atoms with Gasteiger partial charge in [-0.3, -0.25) is 0 Å². The van der Waals surface area contributed by atoms with Crippen LogP contribution in [0.5, 0.6) is 5.75 Å². The predicted octanol–water partition coefficient (Wildman–Crippen LogP) is 4.78. The molecule has 0 saturated heterocycles. The Balaban J connectivity index is 1.65. The van der Waals surface area contributed by atoms with Crippen molar-refractivity contribution in [1.82, 2.24) is 19.5 Å². The molecule has 2 aromatic heterocycles. The summed E-state index contributed by atoms with van der Waals surface area (Å²) in [5.41, 5.74) is 2.38. The largest absolute Gasteiger partial charge is 0.507 e. The lowest BCUT2D eigenvalue weighted by molar-refractivity contribution is 0.0303. The Hall–Kier alpha value is -2.87. The summed E-state index contributed by atoms with van der Waals surface area (Å²) >= 11 is 0. The normalized spacial score (nSPS) is 16.2. The number of phenols is 1. The average molecular weight is 453 g/mol. The summed E-state index contributed by atoms with van der Waals surface area (Å²) in [7, 11) is 0. The van der Waals surface area contributed by atoms with Crippen LogP contribution in [-0.4, -0.2) is 41.9 Å². The van der Waals surface area contributed by atoms with Crippen LogP contribution < -0.4 is 10.6 Å². The van der Waals surface area contributed by atoms with Crippen LogP contribution in [0.15, 0.2) is 24.5 Å². The lowest BCUT2D eigenvalue weighted by Crippen LogP contribution is -2.33. The number of phenolic OH excluding ortho intramolecular Hbond substituents is 1. The van der Waals surface area contributed by atoms with Crippen molar-refractivity contribution in [2.75, 3.05) is 17.2 Å². The van der Waals surface area contributed by atoms with Crippen LogP contribution in [0.2, 0.25) is 0 Å². The lowest BCUT2D eigenvalue weighted by atomic mass is 9.93. The van der Waals surface area contributed by atoms with Crippen molar-refractivity contribution < 1.29 is 10.2 Å². The molecule has 2 heterocycles. The van der Waals surface area contributed by atoms with Crippen molar-refractivity contribution in [3.63, 3.8) is 0 Å². The standard InChI is InChI=1S/C25H36N6O2/c1-16-9-8-10-18(21(16)32)14-26-22-20-23(31(15-28-20)19-11-6-5-7-12-19)30-24(29-22)27-13-17(2)25(3,4)33/h8-10,15,17,19,32-33H,5-7,11-14H2,1-4H3,(H2,26,27,29,30). The quantitative estimate of drug-likeness (QED) is 0.390. The zero-order valence-electron chi connectivity index (χ0n) is 20.1. The molecule has 0 amide bonds. The molecule has 1 unspecified atom stereocenters. The summed E-state index contributed by atoms with van der Waals surface area (Å²) in [5, 5.41) is 27.4. The molecule has 1 atom stereocenters. The molecule has 1 aliphatic rings. The number of hydrogen-bond acceptors (Lipinski definition) is 7. The fourth-order valence-corrected chi connectivity index (χ4v) is 4.28. The van der Waals surface area contributed by atoms with E-state index in [1.165, 1.54) is 19.3 Å². The minimum absolute atomic E-state index is 0.0145. The number of nitrogens with zero attached hydrogens (tertiary/aromatic N) is 4. The molecule has 8 nitrogen and oxygen atoms in total. The molecular weight excluding hydrogens is 416 g/mol. The summed E-state index contributed by atoms with van der Waals surface area (Å²) in [6.07, 6.45) is 7.88. The van der Waals surface area contributed by atoms with E-state index in [9.17, 15) is 10.2 Å². The maximum atomic E-state index is 10.4. The van der Waals surface area contributed by atoms with Crippen LogP contribution >= 0.6 is 0 Å². The topological polar surface area (TPSA) is 108 Å². The molecule has 0 spiro atoms. The first-order chi connectivity index (χ1) is 15.7. The zero-order valence-corrected chi connectivity index (χ0v) is 20.1. The highest BCUT2D eigenvalue weighted by molar-refractivity contribution is 5.84. The number of nitrogens with one attached hydrogen (secondary N) is 2. The first-order valence-corrected chi connectivity index (χ1v) is 12.0. The molecule has 8 heteroatoms. The summed E-state index contributed by atoms with van der Waals surface area (Å²) in [5.74, 6) is 1.45. The number of aromatic hydroxyl groups is 1. The van der Waals surface area contributed by atoms with Crippen molar-refractivity contribution in [2.24, 2.45) is 5.92 Å². The Bertz CT molecular complexity index is 1100. The SMILES string of the molecule is Cc1cccc(CNc2nc(NCC(C)C(C)(C)O)nc3c2ncn3C2CCCCC2)c1O. The summed E-state index contributed by atoms with van der Waals surface area (Å²) < 4.78 is 2.19. The molecule has 1 fully saturated rings. The zero-order chi connectivity index (χ0) is 23.6. The fraction of sp³-hybridized carbons (Fsp3) is 0.560. The van der Waals surface area contributed by atoms with Crippen LogP contribution in [-0.2, 0) is 6.54 Å². The number of imidazole rings is 1. The Morgan fingerprint density at radius 3 is 2.64 bits per heavy atom. The number of fused-ring (bicyclic) bond motifs is 1. The van der Waals surface area contributed by atoms with E-state index < -0.39 is 5.60 Å². The Labute approximate surface area is 195 Å². The maximum Gasteiger partial charge on any atom is 0.226 e. The van der Waals surface area contributed by atoms with E-state index in [1.807, 2.05) is 52.2 Å². The molecule has 0 aliphatic heterocycles. The second-order valence-electron chi connectivity index (χ2n) is 9.88. The number of rotatable bonds is 8. The van der Waals surface area contributed by atoms with Gasteiger partial charge in [0.15, 0.2) is 17.0 Å². The van der Waals surface area contributed by atoms with Gasteiger partial charge in [-0.2, -0.15) is 9.97 Å². The van der Waals surface area contributed by atoms with Crippen molar-refractivity contribution in [1.29, 1.82) is 0 Å². The van der Waals surface area contributed by atoms with Gasteiger partial charge in [-0.15, -0.1) is 0 Å². The molecule has 1 aromatic carbocycles. The van der Waals surface area contributed by atoms with E-state index in [0.29, 0.717) is 36.6 Å². The first kappa shape index (κ1) is 23.3. The van der Waals surface area contributed by atoms with Gasteiger partial charge in [0.25, 0.3) is 0 Å². The van der Waals surface area contributed by atoms with Gasteiger partial charge in [-0.25, -0.2) is 4.98 Å². The monoisotopic (exact) mass is 452 g/mol. The van der Waals surface area contributed by atoms with Crippen LogP contribution in [0.4, 0.5) is 11.8 Å². The Morgan fingerprint density at radius 2 is 1.91 bits per heavy atom. The van der Waals surface area contributed by atoms with E-state index in [-0.39, 0.29) is 5.92 Å². The second kappa shape index (κ2) is 9.55. The third-order valence-electron chi connectivity index (χ3n) is 6.93. The van der Waals surface area contributed by atoms with E-state index in [2.05, 4.69) is 20.2 Å². The third-order valence-corrected chi connectivity index (χ3v) is 6.93. The van der Waals surface area contributed by atoms with Gasteiger partial charge in [-0.1, -0.05) is 44.4 Å². The average Bonchev–Trinajstić information content (AvgIpc) is 3.22. The van der Waals surface area contributed by atoms with E-state index in [1.54, 1.807) is 0 Å². The van der Waals surface area contributed by atoms with E-state index in [0.717, 1.165) is 35.1 Å². The van der Waals surface area contributed by atoms with Gasteiger partial charge in [0, 0.05) is 30.6 Å². The number of anilines is 2. The Kier molecular flexibility index (Phi) is 6.74. The van der Waals surface area contributed by atoms with Gasteiger partial charge in [0.1, 0.15) is 5.75 Å². The molecule has 0 bridgehead atoms.